The lowest BCUT2D eigenvalue weighted by molar-refractivity contribution is 0.439. The molecule has 0 radical (unpaired) electrons. The van der Waals surface area contributed by atoms with Crippen LogP contribution in [0, 0.1) is 0 Å². The van der Waals surface area contributed by atoms with E-state index in [9.17, 15) is 0 Å². The standard InChI is InChI=1S/C24H16BrCl2N3OS/c25-14-7-9-15(10-8-14)30-23(22(29-24(30)32)18-6-1-2-13-28-18)20-12-11-19(31-20)16-4-3-5-17(26)21(16)27/h1-13,22-23H,(H,29,32)/t22-,23+/m1/s1. The highest BCUT2D eigenvalue weighted by Crippen LogP contribution is 2.44. The molecule has 0 amide bonds. The third-order valence-electron chi connectivity index (χ3n) is 5.34. The number of hydrogen-bond acceptors (Lipinski definition) is 3. The van der Waals surface area contributed by atoms with Gasteiger partial charge in [0.15, 0.2) is 5.11 Å². The molecule has 2 aromatic carbocycles. The van der Waals surface area contributed by atoms with E-state index >= 15 is 0 Å². The van der Waals surface area contributed by atoms with E-state index < -0.39 is 0 Å². The lowest BCUT2D eigenvalue weighted by Gasteiger charge is -2.26. The van der Waals surface area contributed by atoms with Gasteiger partial charge in [-0.3, -0.25) is 4.98 Å². The first-order valence-corrected chi connectivity index (χ1v) is 11.8. The fourth-order valence-corrected chi connectivity index (χ4v) is 4.88. The number of furan rings is 1. The molecule has 2 atom stereocenters. The Morgan fingerprint density at radius 1 is 0.969 bits per heavy atom. The van der Waals surface area contributed by atoms with Gasteiger partial charge in [-0.25, -0.2) is 0 Å². The lowest BCUT2D eigenvalue weighted by Crippen LogP contribution is -2.29. The molecule has 1 N–H and O–H groups in total. The maximum Gasteiger partial charge on any atom is 0.174 e. The maximum absolute atomic E-state index is 6.43. The van der Waals surface area contributed by atoms with E-state index in [1.807, 2.05) is 66.7 Å². The van der Waals surface area contributed by atoms with Gasteiger partial charge in [0.2, 0.25) is 0 Å². The van der Waals surface area contributed by atoms with Crippen LogP contribution in [-0.4, -0.2) is 10.1 Å². The first-order valence-electron chi connectivity index (χ1n) is 9.83. The topological polar surface area (TPSA) is 41.3 Å². The van der Waals surface area contributed by atoms with Gasteiger partial charge in [0, 0.05) is 21.9 Å². The third-order valence-corrected chi connectivity index (χ3v) is 7.00. The number of thiocarbonyl (C=S) groups is 1. The molecule has 160 valence electrons. The molecule has 0 saturated carbocycles. The molecule has 2 aromatic heterocycles. The molecule has 1 aliphatic rings. The number of nitrogens with zero attached hydrogens (tertiary/aromatic N) is 2. The number of nitrogens with one attached hydrogen (secondary N) is 1. The van der Waals surface area contributed by atoms with E-state index in [4.69, 9.17) is 39.8 Å². The molecule has 4 aromatic rings. The first-order chi connectivity index (χ1) is 15.5. The van der Waals surface area contributed by atoms with E-state index in [0.717, 1.165) is 27.2 Å². The van der Waals surface area contributed by atoms with Crippen molar-refractivity contribution in [2.24, 2.45) is 0 Å². The summed E-state index contributed by atoms with van der Waals surface area (Å²) in [5, 5.41) is 4.97. The van der Waals surface area contributed by atoms with Crippen LogP contribution >= 0.6 is 51.3 Å². The number of rotatable bonds is 4. The average molecular weight is 545 g/mol. The predicted molar refractivity (Wildman–Crippen MR) is 136 cm³/mol. The van der Waals surface area contributed by atoms with Crippen molar-refractivity contribution in [2.75, 3.05) is 4.90 Å². The summed E-state index contributed by atoms with van der Waals surface area (Å²) in [5.41, 5.74) is 2.56. The van der Waals surface area contributed by atoms with Crippen molar-refractivity contribution in [1.82, 2.24) is 10.3 Å². The quantitative estimate of drug-likeness (QED) is 0.268. The summed E-state index contributed by atoms with van der Waals surface area (Å²) >= 11 is 21.9. The molecule has 4 nitrogen and oxygen atoms in total. The van der Waals surface area contributed by atoms with Crippen LogP contribution < -0.4 is 10.2 Å². The van der Waals surface area contributed by atoms with Crippen LogP contribution in [-0.2, 0) is 0 Å². The van der Waals surface area contributed by atoms with E-state index in [1.54, 1.807) is 12.3 Å². The summed E-state index contributed by atoms with van der Waals surface area (Å²) in [6.45, 7) is 0. The fourth-order valence-electron chi connectivity index (χ4n) is 3.87. The Bertz CT molecular complexity index is 1280. The Morgan fingerprint density at radius 2 is 1.78 bits per heavy atom. The van der Waals surface area contributed by atoms with Crippen molar-refractivity contribution in [3.8, 4) is 11.3 Å². The van der Waals surface area contributed by atoms with Crippen molar-refractivity contribution < 1.29 is 4.42 Å². The second-order valence-corrected chi connectivity index (χ2v) is 9.36. The minimum atomic E-state index is -0.245. The molecule has 1 aliphatic heterocycles. The molecule has 0 unspecified atom stereocenters. The summed E-state index contributed by atoms with van der Waals surface area (Å²) in [5.74, 6) is 1.38. The van der Waals surface area contributed by atoms with Gasteiger partial charge < -0.3 is 14.6 Å². The second-order valence-electron chi connectivity index (χ2n) is 7.28. The van der Waals surface area contributed by atoms with Crippen LogP contribution in [0.4, 0.5) is 5.69 Å². The Hall–Kier alpha value is -2.38. The number of aromatic nitrogens is 1. The van der Waals surface area contributed by atoms with Gasteiger partial charge in [-0.1, -0.05) is 51.3 Å². The number of hydrogen-bond donors (Lipinski definition) is 1. The molecule has 8 heteroatoms. The van der Waals surface area contributed by atoms with Gasteiger partial charge in [-0.15, -0.1) is 0 Å². The van der Waals surface area contributed by atoms with E-state index in [1.165, 1.54) is 0 Å². The number of halogens is 3. The normalized spacial score (nSPS) is 18.1. The average Bonchev–Trinajstić information content (AvgIpc) is 3.41. The van der Waals surface area contributed by atoms with Crippen molar-refractivity contribution in [3.63, 3.8) is 0 Å². The predicted octanol–water partition coefficient (Wildman–Crippen LogP) is 7.59. The van der Waals surface area contributed by atoms with E-state index in [2.05, 4.69) is 31.1 Å². The molecule has 32 heavy (non-hydrogen) atoms. The number of pyridine rings is 1. The van der Waals surface area contributed by atoms with Crippen molar-refractivity contribution in [3.05, 3.63) is 105 Å². The maximum atomic E-state index is 6.43. The zero-order valence-electron chi connectivity index (χ0n) is 16.5. The number of anilines is 1. The Labute approximate surface area is 209 Å². The van der Waals surface area contributed by atoms with Gasteiger partial charge >= 0.3 is 0 Å². The summed E-state index contributed by atoms with van der Waals surface area (Å²) < 4.78 is 7.34. The Balaban J connectivity index is 1.61. The zero-order chi connectivity index (χ0) is 22.2. The van der Waals surface area contributed by atoms with Crippen molar-refractivity contribution >= 4 is 62.1 Å². The van der Waals surface area contributed by atoms with Crippen LogP contribution in [0.3, 0.4) is 0 Å². The zero-order valence-corrected chi connectivity index (χ0v) is 20.4. The highest BCUT2D eigenvalue weighted by molar-refractivity contribution is 9.10. The van der Waals surface area contributed by atoms with Crippen molar-refractivity contribution in [2.45, 2.75) is 12.1 Å². The van der Waals surface area contributed by atoms with Crippen LogP contribution in [0.25, 0.3) is 11.3 Å². The Morgan fingerprint density at radius 3 is 2.53 bits per heavy atom. The fraction of sp³-hybridized carbons (Fsp3) is 0.0833. The molecule has 0 aliphatic carbocycles. The molecule has 0 bridgehead atoms. The van der Waals surface area contributed by atoms with Gasteiger partial charge in [-0.2, -0.15) is 0 Å². The molecule has 5 rings (SSSR count). The molecular formula is C24H16BrCl2N3OS. The molecule has 0 spiro atoms. The SMILES string of the molecule is S=C1N[C@H](c2ccccn2)[C@H](c2ccc(-c3cccc(Cl)c3Cl)o2)N1c1ccc(Br)cc1. The number of benzene rings is 2. The van der Waals surface area contributed by atoms with Gasteiger partial charge in [0.05, 0.1) is 21.8 Å². The van der Waals surface area contributed by atoms with Gasteiger partial charge in [-0.05, 0) is 72.9 Å². The summed E-state index contributed by atoms with van der Waals surface area (Å²) in [6.07, 6.45) is 1.78. The monoisotopic (exact) mass is 543 g/mol. The highest BCUT2D eigenvalue weighted by Gasteiger charge is 2.42. The summed E-state index contributed by atoms with van der Waals surface area (Å²) in [7, 11) is 0. The summed E-state index contributed by atoms with van der Waals surface area (Å²) in [4.78, 5) is 6.63. The molecule has 3 heterocycles. The molecule has 1 saturated heterocycles. The van der Waals surface area contributed by atoms with Crippen molar-refractivity contribution in [1.29, 1.82) is 0 Å². The third kappa shape index (κ3) is 3.92. The minimum Gasteiger partial charge on any atom is -0.459 e. The van der Waals surface area contributed by atoms with E-state index in [-0.39, 0.29) is 12.1 Å². The van der Waals surface area contributed by atoms with Gasteiger partial charge in [0.25, 0.3) is 0 Å². The Kier molecular flexibility index (Phi) is 5.95. The van der Waals surface area contributed by atoms with Crippen LogP contribution in [0.5, 0.6) is 0 Å². The molecule has 1 fully saturated rings. The van der Waals surface area contributed by atoms with E-state index in [0.29, 0.717) is 20.9 Å². The summed E-state index contributed by atoms with van der Waals surface area (Å²) in [6, 6.07) is 22.8. The largest absolute Gasteiger partial charge is 0.459 e. The minimum absolute atomic E-state index is 0.193. The lowest BCUT2D eigenvalue weighted by atomic mass is 10.0. The van der Waals surface area contributed by atoms with Crippen LogP contribution in [0.15, 0.2) is 87.9 Å². The second kappa shape index (κ2) is 8.87. The smallest absolute Gasteiger partial charge is 0.174 e. The highest BCUT2D eigenvalue weighted by atomic mass is 79.9. The first kappa shape index (κ1) is 21.5. The molecular weight excluding hydrogens is 529 g/mol. The van der Waals surface area contributed by atoms with Gasteiger partial charge in [0.1, 0.15) is 17.6 Å². The van der Waals surface area contributed by atoms with Crippen LogP contribution in [0.2, 0.25) is 10.0 Å². The van der Waals surface area contributed by atoms with Crippen LogP contribution in [0.1, 0.15) is 23.5 Å².